The van der Waals surface area contributed by atoms with Crippen molar-refractivity contribution in [3.05, 3.63) is 16.6 Å². The van der Waals surface area contributed by atoms with Crippen LogP contribution in [0.3, 0.4) is 0 Å². The molecule has 1 aliphatic carbocycles. The van der Waals surface area contributed by atoms with Gasteiger partial charge in [-0.05, 0) is 12.8 Å². The fraction of sp³-hybridized carbons (Fsp3) is 0.538. The molecule has 0 saturated heterocycles. The van der Waals surface area contributed by atoms with E-state index in [0.717, 1.165) is 0 Å². The SMILES string of the molecule is CC(=O)OSc1nc2c(cnn2C2CCC(F)(F)CC2)c(=O)[nH]1. The summed E-state index contributed by atoms with van der Waals surface area (Å²) in [6.07, 6.45) is 1.48. The molecule has 0 unspecified atom stereocenters. The van der Waals surface area contributed by atoms with Crippen molar-refractivity contribution < 1.29 is 17.8 Å². The largest absolute Gasteiger partial charge is 0.383 e. The van der Waals surface area contributed by atoms with Crippen molar-refractivity contribution in [3.8, 4) is 0 Å². The van der Waals surface area contributed by atoms with Gasteiger partial charge in [0.25, 0.3) is 5.56 Å². The van der Waals surface area contributed by atoms with Crippen LogP contribution in [0.15, 0.2) is 16.1 Å². The molecule has 10 heteroatoms. The van der Waals surface area contributed by atoms with Crippen LogP contribution in [0.25, 0.3) is 11.0 Å². The maximum Gasteiger partial charge on any atom is 0.315 e. The molecule has 0 aliphatic heterocycles. The Balaban J connectivity index is 1.92. The van der Waals surface area contributed by atoms with E-state index >= 15 is 0 Å². The minimum absolute atomic E-state index is 0.112. The quantitative estimate of drug-likeness (QED) is 0.679. The fourth-order valence-corrected chi connectivity index (χ4v) is 3.04. The van der Waals surface area contributed by atoms with Gasteiger partial charge in [-0.25, -0.2) is 18.4 Å². The highest BCUT2D eigenvalue weighted by Gasteiger charge is 2.36. The summed E-state index contributed by atoms with van der Waals surface area (Å²) < 4.78 is 32.8. The topological polar surface area (TPSA) is 89.9 Å². The highest BCUT2D eigenvalue weighted by Crippen LogP contribution is 2.38. The number of carbonyl (C=O) groups excluding carboxylic acids is 1. The zero-order valence-electron chi connectivity index (χ0n) is 12.2. The number of alkyl halides is 2. The first kappa shape index (κ1) is 15.9. The lowest BCUT2D eigenvalue weighted by molar-refractivity contribution is -0.130. The zero-order chi connectivity index (χ0) is 16.6. The maximum absolute atomic E-state index is 13.3. The summed E-state index contributed by atoms with van der Waals surface area (Å²) >= 11 is 0.639. The number of halogens is 2. The smallest absolute Gasteiger partial charge is 0.315 e. The van der Waals surface area contributed by atoms with Gasteiger partial charge in [-0.3, -0.25) is 14.6 Å². The van der Waals surface area contributed by atoms with Crippen molar-refractivity contribution in [1.29, 1.82) is 0 Å². The van der Waals surface area contributed by atoms with E-state index < -0.39 is 17.5 Å². The van der Waals surface area contributed by atoms with Crippen LogP contribution in [0.1, 0.15) is 38.6 Å². The summed E-state index contributed by atoms with van der Waals surface area (Å²) in [5.41, 5.74) is -0.115. The van der Waals surface area contributed by atoms with Crippen LogP contribution in [0.4, 0.5) is 8.78 Å². The van der Waals surface area contributed by atoms with Crippen LogP contribution in [-0.2, 0) is 8.98 Å². The average Bonchev–Trinajstić information content (AvgIpc) is 2.89. The van der Waals surface area contributed by atoms with Gasteiger partial charge in [-0.2, -0.15) is 5.10 Å². The number of fused-ring (bicyclic) bond motifs is 1. The monoisotopic (exact) mass is 344 g/mol. The van der Waals surface area contributed by atoms with Crippen molar-refractivity contribution in [2.45, 2.75) is 49.7 Å². The summed E-state index contributed by atoms with van der Waals surface area (Å²) in [6.45, 7) is 1.23. The lowest BCUT2D eigenvalue weighted by Crippen LogP contribution is -2.27. The third-order valence-corrected chi connectivity index (χ3v) is 4.38. The van der Waals surface area contributed by atoms with Crippen molar-refractivity contribution in [1.82, 2.24) is 19.7 Å². The second-order valence-electron chi connectivity index (χ2n) is 5.44. The van der Waals surface area contributed by atoms with Gasteiger partial charge in [0.05, 0.1) is 12.2 Å². The maximum atomic E-state index is 13.3. The van der Waals surface area contributed by atoms with Gasteiger partial charge < -0.3 is 4.18 Å². The predicted octanol–water partition coefficient (Wildman–Crippen LogP) is 2.44. The number of aromatic amines is 1. The van der Waals surface area contributed by atoms with Gasteiger partial charge in [-0.1, -0.05) is 0 Å². The second-order valence-corrected chi connectivity index (χ2v) is 6.16. The molecule has 1 N–H and O–H groups in total. The van der Waals surface area contributed by atoms with Crippen LogP contribution in [0.2, 0.25) is 0 Å². The molecule has 2 aromatic rings. The number of rotatable bonds is 3. The molecule has 7 nitrogen and oxygen atoms in total. The van der Waals surface area contributed by atoms with Crippen molar-refractivity contribution in [2.75, 3.05) is 0 Å². The van der Waals surface area contributed by atoms with Gasteiger partial charge in [-0.15, -0.1) is 0 Å². The summed E-state index contributed by atoms with van der Waals surface area (Å²) in [7, 11) is 0. The van der Waals surface area contributed by atoms with E-state index in [1.807, 2.05) is 0 Å². The molecule has 1 fully saturated rings. The molecule has 0 amide bonds. The van der Waals surface area contributed by atoms with E-state index in [1.165, 1.54) is 17.8 Å². The Morgan fingerprint density at radius 3 is 2.83 bits per heavy atom. The van der Waals surface area contributed by atoms with Gasteiger partial charge in [0.1, 0.15) is 17.4 Å². The Morgan fingerprint density at radius 1 is 1.48 bits per heavy atom. The van der Waals surface area contributed by atoms with Crippen LogP contribution in [-0.4, -0.2) is 31.6 Å². The number of nitrogens with one attached hydrogen (secondary N) is 1. The molecule has 23 heavy (non-hydrogen) atoms. The number of hydrogen-bond acceptors (Lipinski definition) is 6. The Bertz CT molecular complexity index is 794. The minimum atomic E-state index is -2.64. The van der Waals surface area contributed by atoms with E-state index in [2.05, 4.69) is 15.1 Å². The van der Waals surface area contributed by atoms with Crippen LogP contribution in [0, 0.1) is 0 Å². The molecule has 0 spiro atoms. The standard InChI is InChI=1S/C13H14F2N4O3S/c1-7(20)22-23-12-17-10-9(11(21)18-12)6-16-19(10)8-2-4-13(14,15)5-3-8/h6,8H,2-5H2,1H3,(H,17,18,21). The first-order valence-electron chi connectivity index (χ1n) is 7.06. The third-order valence-electron chi connectivity index (χ3n) is 3.71. The second kappa shape index (κ2) is 5.91. The van der Waals surface area contributed by atoms with Crippen LogP contribution in [0.5, 0.6) is 0 Å². The van der Waals surface area contributed by atoms with Crippen molar-refractivity contribution >= 4 is 29.0 Å². The fourth-order valence-electron chi connectivity index (χ4n) is 2.59. The Morgan fingerprint density at radius 2 is 2.17 bits per heavy atom. The highest BCUT2D eigenvalue weighted by atomic mass is 32.2. The van der Waals surface area contributed by atoms with Gasteiger partial charge >= 0.3 is 5.97 Å². The Kier molecular flexibility index (Phi) is 4.09. The normalized spacial score (nSPS) is 18.2. The number of nitrogens with zero attached hydrogens (tertiary/aromatic N) is 3. The van der Waals surface area contributed by atoms with Crippen LogP contribution < -0.4 is 5.56 Å². The molecule has 124 valence electrons. The molecule has 3 rings (SSSR count). The molecule has 1 aliphatic rings. The van der Waals surface area contributed by atoms with Crippen LogP contribution >= 0.6 is 12.0 Å². The average molecular weight is 344 g/mol. The van der Waals surface area contributed by atoms with E-state index in [9.17, 15) is 18.4 Å². The highest BCUT2D eigenvalue weighted by molar-refractivity contribution is 7.94. The van der Waals surface area contributed by atoms with E-state index in [1.54, 1.807) is 0 Å². The van der Waals surface area contributed by atoms with Crippen molar-refractivity contribution in [2.24, 2.45) is 0 Å². The van der Waals surface area contributed by atoms with Gasteiger partial charge in [0, 0.05) is 19.8 Å². The molecule has 0 atom stereocenters. The first-order valence-corrected chi connectivity index (χ1v) is 7.80. The summed E-state index contributed by atoms with van der Waals surface area (Å²) in [5.74, 6) is -3.17. The Labute approximate surface area is 133 Å². The van der Waals surface area contributed by atoms with Gasteiger partial charge in [0.15, 0.2) is 5.65 Å². The first-order chi connectivity index (χ1) is 10.9. The minimum Gasteiger partial charge on any atom is -0.383 e. The number of H-pyrrole nitrogens is 1. The molecule has 2 heterocycles. The molecular formula is C13H14F2N4O3S. The molecule has 0 bridgehead atoms. The molecule has 0 radical (unpaired) electrons. The predicted molar refractivity (Wildman–Crippen MR) is 78.2 cm³/mol. The number of carbonyl (C=O) groups is 1. The number of hydrogen-bond donors (Lipinski definition) is 1. The van der Waals surface area contributed by atoms with E-state index in [0.29, 0.717) is 17.7 Å². The van der Waals surface area contributed by atoms with E-state index in [4.69, 9.17) is 4.18 Å². The molecule has 2 aromatic heterocycles. The molecule has 1 saturated carbocycles. The Hall–Kier alpha value is -1.97. The summed E-state index contributed by atoms with van der Waals surface area (Å²) in [5, 5.41) is 4.52. The molecule has 0 aromatic carbocycles. The molecular weight excluding hydrogens is 330 g/mol. The number of aromatic nitrogens is 4. The van der Waals surface area contributed by atoms with Crippen molar-refractivity contribution in [3.63, 3.8) is 0 Å². The van der Waals surface area contributed by atoms with E-state index in [-0.39, 0.29) is 42.3 Å². The lowest BCUT2D eigenvalue weighted by atomic mass is 9.92. The summed E-state index contributed by atoms with van der Waals surface area (Å²) in [6, 6.07) is -0.229. The lowest BCUT2D eigenvalue weighted by Gasteiger charge is -2.28. The summed E-state index contributed by atoms with van der Waals surface area (Å²) in [4.78, 5) is 29.6. The van der Waals surface area contributed by atoms with Gasteiger partial charge in [0.2, 0.25) is 11.1 Å². The third kappa shape index (κ3) is 3.36. The zero-order valence-corrected chi connectivity index (χ0v) is 13.0.